The predicted octanol–water partition coefficient (Wildman–Crippen LogP) is 4.28. The van der Waals surface area contributed by atoms with Gasteiger partial charge in [0.05, 0.1) is 28.9 Å². The Kier molecular flexibility index (Phi) is 5.15. The van der Waals surface area contributed by atoms with Crippen molar-refractivity contribution in [3.8, 4) is 0 Å². The second-order valence-electron chi connectivity index (χ2n) is 4.26. The van der Waals surface area contributed by atoms with Crippen molar-refractivity contribution < 1.29 is 18.7 Å². The minimum Gasteiger partial charge on any atom is -0.465 e. The Morgan fingerprint density at radius 3 is 2.59 bits per heavy atom. The number of hydrogen-bond donors (Lipinski definition) is 1. The standard InChI is InChI=1S/C15H10BrClFNO3/c1-22-15(21)8-2-5-12(17)13(6-8)19-14(20)10-4-3-9(18)7-11(10)16/h2-7H,1H3,(H,19,20). The summed E-state index contributed by atoms with van der Waals surface area (Å²) in [5, 5.41) is 2.84. The van der Waals surface area contributed by atoms with Crippen molar-refractivity contribution in [2.24, 2.45) is 0 Å². The lowest BCUT2D eigenvalue weighted by atomic mass is 10.1. The molecule has 4 nitrogen and oxygen atoms in total. The fourth-order valence-corrected chi connectivity index (χ4v) is 2.42. The van der Waals surface area contributed by atoms with E-state index in [1.165, 1.54) is 43.5 Å². The number of carbonyl (C=O) groups excluding carboxylic acids is 2. The topological polar surface area (TPSA) is 55.4 Å². The molecule has 0 unspecified atom stereocenters. The van der Waals surface area contributed by atoms with Gasteiger partial charge in [-0.15, -0.1) is 0 Å². The highest BCUT2D eigenvalue weighted by molar-refractivity contribution is 9.10. The normalized spacial score (nSPS) is 10.2. The molecule has 0 heterocycles. The van der Waals surface area contributed by atoms with Gasteiger partial charge >= 0.3 is 5.97 Å². The summed E-state index contributed by atoms with van der Waals surface area (Å²) < 4.78 is 18.0. The molecule has 0 atom stereocenters. The lowest BCUT2D eigenvalue weighted by Gasteiger charge is -2.10. The van der Waals surface area contributed by atoms with Gasteiger partial charge in [-0.25, -0.2) is 9.18 Å². The largest absolute Gasteiger partial charge is 0.465 e. The van der Waals surface area contributed by atoms with Crippen molar-refractivity contribution in [3.05, 3.63) is 62.8 Å². The molecule has 2 rings (SSSR count). The number of benzene rings is 2. The van der Waals surface area contributed by atoms with E-state index in [0.29, 0.717) is 4.47 Å². The van der Waals surface area contributed by atoms with Crippen molar-refractivity contribution in [2.75, 3.05) is 12.4 Å². The number of rotatable bonds is 3. The lowest BCUT2D eigenvalue weighted by Crippen LogP contribution is -2.14. The molecule has 0 bridgehead atoms. The van der Waals surface area contributed by atoms with Gasteiger partial charge < -0.3 is 10.1 Å². The molecule has 7 heteroatoms. The van der Waals surface area contributed by atoms with E-state index in [1.807, 2.05) is 0 Å². The number of esters is 1. The first-order chi connectivity index (χ1) is 10.4. The van der Waals surface area contributed by atoms with Crippen LogP contribution in [0.15, 0.2) is 40.9 Å². The van der Waals surface area contributed by atoms with Crippen LogP contribution in [-0.4, -0.2) is 19.0 Å². The van der Waals surface area contributed by atoms with Crippen LogP contribution >= 0.6 is 27.5 Å². The summed E-state index contributed by atoms with van der Waals surface area (Å²) in [5.74, 6) is -1.50. The number of nitrogens with one attached hydrogen (secondary N) is 1. The zero-order chi connectivity index (χ0) is 16.3. The third kappa shape index (κ3) is 3.64. The van der Waals surface area contributed by atoms with Crippen LogP contribution in [0.4, 0.5) is 10.1 Å². The smallest absolute Gasteiger partial charge is 0.337 e. The highest BCUT2D eigenvalue weighted by Crippen LogP contribution is 2.25. The van der Waals surface area contributed by atoms with Gasteiger partial charge in [0.15, 0.2) is 0 Å². The average Bonchev–Trinajstić information content (AvgIpc) is 2.48. The molecule has 1 N–H and O–H groups in total. The summed E-state index contributed by atoms with van der Waals surface area (Å²) in [7, 11) is 1.25. The Labute approximate surface area is 139 Å². The minimum atomic E-state index is -0.546. The van der Waals surface area contributed by atoms with Gasteiger partial charge in [-0.05, 0) is 52.3 Å². The van der Waals surface area contributed by atoms with E-state index in [4.69, 9.17) is 11.6 Å². The molecule has 0 saturated heterocycles. The molecular weight excluding hydrogens is 377 g/mol. The molecule has 0 fully saturated rings. The zero-order valence-electron chi connectivity index (χ0n) is 11.3. The molecule has 1 amide bonds. The molecule has 0 aliphatic rings. The maximum Gasteiger partial charge on any atom is 0.337 e. The van der Waals surface area contributed by atoms with Gasteiger partial charge in [0, 0.05) is 4.47 Å². The average molecular weight is 387 g/mol. The Bertz CT molecular complexity index is 752. The second kappa shape index (κ2) is 6.89. The highest BCUT2D eigenvalue weighted by atomic mass is 79.9. The van der Waals surface area contributed by atoms with Gasteiger partial charge in [-0.3, -0.25) is 4.79 Å². The summed E-state index contributed by atoms with van der Waals surface area (Å²) in [4.78, 5) is 23.7. The third-order valence-corrected chi connectivity index (χ3v) is 3.80. The SMILES string of the molecule is COC(=O)c1ccc(Cl)c(NC(=O)c2ccc(F)cc2Br)c1. The van der Waals surface area contributed by atoms with Crippen molar-refractivity contribution in [2.45, 2.75) is 0 Å². The number of halogens is 3. The number of hydrogen-bond acceptors (Lipinski definition) is 3. The van der Waals surface area contributed by atoms with E-state index in [2.05, 4.69) is 26.0 Å². The molecular formula is C15H10BrClFNO3. The Hall–Kier alpha value is -1.92. The van der Waals surface area contributed by atoms with Crippen molar-refractivity contribution in [1.82, 2.24) is 0 Å². The Morgan fingerprint density at radius 1 is 1.23 bits per heavy atom. The van der Waals surface area contributed by atoms with Crippen molar-refractivity contribution >= 4 is 45.1 Å². The summed E-state index contributed by atoms with van der Waals surface area (Å²) in [6, 6.07) is 8.06. The van der Waals surface area contributed by atoms with Crippen LogP contribution in [0.1, 0.15) is 20.7 Å². The van der Waals surface area contributed by atoms with Gasteiger partial charge in [0.2, 0.25) is 0 Å². The van der Waals surface area contributed by atoms with Crippen LogP contribution in [0.2, 0.25) is 5.02 Å². The molecule has 0 aliphatic carbocycles. The number of amides is 1. The fraction of sp³-hybridized carbons (Fsp3) is 0.0667. The van der Waals surface area contributed by atoms with Crippen LogP contribution < -0.4 is 5.32 Å². The molecule has 2 aromatic rings. The number of carbonyl (C=O) groups is 2. The Morgan fingerprint density at radius 2 is 1.95 bits per heavy atom. The minimum absolute atomic E-state index is 0.237. The quantitative estimate of drug-likeness (QED) is 0.801. The van der Waals surface area contributed by atoms with E-state index in [1.54, 1.807) is 0 Å². The van der Waals surface area contributed by atoms with Gasteiger partial charge in [-0.1, -0.05) is 11.6 Å². The lowest BCUT2D eigenvalue weighted by molar-refractivity contribution is 0.0600. The van der Waals surface area contributed by atoms with Crippen molar-refractivity contribution in [3.63, 3.8) is 0 Å². The van der Waals surface area contributed by atoms with Crippen LogP contribution in [0, 0.1) is 5.82 Å². The second-order valence-corrected chi connectivity index (χ2v) is 5.53. The first-order valence-corrected chi connectivity index (χ1v) is 7.23. The summed E-state index contributed by atoms with van der Waals surface area (Å²) in [6.07, 6.45) is 0. The number of anilines is 1. The van der Waals surface area contributed by atoms with Gasteiger partial charge in [-0.2, -0.15) is 0 Å². The highest BCUT2D eigenvalue weighted by Gasteiger charge is 2.14. The number of ether oxygens (including phenoxy) is 1. The van der Waals surface area contributed by atoms with E-state index in [9.17, 15) is 14.0 Å². The third-order valence-electron chi connectivity index (χ3n) is 2.81. The maximum atomic E-state index is 13.0. The molecule has 0 saturated carbocycles. The summed E-state index contributed by atoms with van der Waals surface area (Å²) in [6.45, 7) is 0. The number of methoxy groups -OCH3 is 1. The molecule has 0 aromatic heterocycles. The van der Waals surface area contributed by atoms with Gasteiger partial charge in [0.1, 0.15) is 5.82 Å². The van der Waals surface area contributed by atoms with Crippen LogP contribution in [0.3, 0.4) is 0 Å². The van der Waals surface area contributed by atoms with Crippen LogP contribution in [0.25, 0.3) is 0 Å². The molecule has 2 aromatic carbocycles. The van der Waals surface area contributed by atoms with Crippen LogP contribution in [0.5, 0.6) is 0 Å². The van der Waals surface area contributed by atoms with Gasteiger partial charge in [0.25, 0.3) is 5.91 Å². The summed E-state index contributed by atoms with van der Waals surface area (Å²) >= 11 is 9.12. The van der Waals surface area contributed by atoms with E-state index < -0.39 is 17.7 Å². The molecule has 0 spiro atoms. The van der Waals surface area contributed by atoms with E-state index in [0.717, 1.165) is 0 Å². The van der Waals surface area contributed by atoms with Crippen LogP contribution in [-0.2, 0) is 4.74 Å². The predicted molar refractivity (Wildman–Crippen MR) is 84.8 cm³/mol. The summed E-state index contributed by atoms with van der Waals surface area (Å²) in [5.41, 5.74) is 0.743. The maximum absolute atomic E-state index is 13.0. The first-order valence-electron chi connectivity index (χ1n) is 6.06. The fourth-order valence-electron chi connectivity index (χ4n) is 1.73. The molecule has 114 valence electrons. The van der Waals surface area contributed by atoms with Crippen molar-refractivity contribution in [1.29, 1.82) is 0 Å². The monoisotopic (exact) mass is 385 g/mol. The molecule has 22 heavy (non-hydrogen) atoms. The van der Waals surface area contributed by atoms with E-state index >= 15 is 0 Å². The first kappa shape index (κ1) is 16.5. The Balaban J connectivity index is 2.29. The zero-order valence-corrected chi connectivity index (χ0v) is 13.7. The molecule has 0 aliphatic heterocycles. The molecule has 0 radical (unpaired) electrons. The van der Waals surface area contributed by atoms with E-state index in [-0.39, 0.29) is 21.8 Å².